The summed E-state index contributed by atoms with van der Waals surface area (Å²) in [5.41, 5.74) is 2.50. The lowest BCUT2D eigenvalue weighted by Gasteiger charge is -2.35. The largest absolute Gasteiger partial charge is 0.372 e. The van der Waals surface area contributed by atoms with Crippen molar-refractivity contribution in [1.29, 1.82) is 0 Å². The number of pyridine rings is 1. The number of aromatic nitrogens is 1. The predicted octanol–water partition coefficient (Wildman–Crippen LogP) is 4.10. The minimum Gasteiger partial charge on any atom is -0.372 e. The normalized spacial score (nSPS) is 19.8. The highest BCUT2D eigenvalue weighted by atomic mass is 19.1. The highest BCUT2D eigenvalue weighted by Gasteiger charge is 2.27. The van der Waals surface area contributed by atoms with E-state index in [0.717, 1.165) is 17.0 Å². The Balaban J connectivity index is 1.66. The van der Waals surface area contributed by atoms with Gasteiger partial charge in [0.05, 0.1) is 17.8 Å². The Hall–Kier alpha value is -2.86. The summed E-state index contributed by atoms with van der Waals surface area (Å²) in [5.74, 6) is 0.645. The molecule has 1 saturated heterocycles. The molecule has 28 heavy (non-hydrogen) atoms. The lowest BCUT2D eigenvalue weighted by molar-refractivity contribution is -0.0586. The molecular weight excluding hydrogens is 357 g/mol. The van der Waals surface area contributed by atoms with Crippen LogP contribution in [0, 0.1) is 5.82 Å². The lowest BCUT2D eigenvalue weighted by Crippen LogP contribution is -2.48. The van der Waals surface area contributed by atoms with Crippen LogP contribution >= 0.6 is 0 Å². The van der Waals surface area contributed by atoms with Crippen LogP contribution in [0.15, 0.2) is 54.7 Å². The van der Waals surface area contributed by atoms with Crippen LogP contribution in [0.4, 0.5) is 15.9 Å². The molecule has 0 bridgehead atoms. The smallest absolute Gasteiger partial charge is 0.255 e. The van der Waals surface area contributed by atoms with Gasteiger partial charge in [0.2, 0.25) is 0 Å². The molecule has 1 aliphatic rings. The Morgan fingerprint density at radius 2 is 1.68 bits per heavy atom. The summed E-state index contributed by atoms with van der Waals surface area (Å²) in [4.78, 5) is 16.9. The van der Waals surface area contributed by atoms with E-state index in [0.29, 0.717) is 18.7 Å². The standard InChI is InChI=1S/C22H24FN3O2/c1-15-12-25(13-16(2)28-15)22(27)17-4-7-20-10-11-21(26(20)14-17)24(3)19-8-5-18(23)6-9-19/h4-11,14-16H,12-13H2,1-3H3/t15-,16-/m0/s1. The van der Waals surface area contributed by atoms with Crippen molar-refractivity contribution in [2.45, 2.75) is 26.1 Å². The van der Waals surface area contributed by atoms with Crippen LogP contribution in [-0.4, -0.2) is 47.6 Å². The lowest BCUT2D eigenvalue weighted by atomic mass is 10.2. The fourth-order valence-corrected chi connectivity index (χ4v) is 3.81. The van der Waals surface area contributed by atoms with E-state index in [4.69, 9.17) is 4.74 Å². The van der Waals surface area contributed by atoms with Crippen LogP contribution in [0.1, 0.15) is 24.2 Å². The highest BCUT2D eigenvalue weighted by molar-refractivity contribution is 5.94. The average Bonchev–Trinajstić information content (AvgIpc) is 3.10. The minimum atomic E-state index is -0.265. The maximum Gasteiger partial charge on any atom is 0.255 e. The van der Waals surface area contributed by atoms with Gasteiger partial charge >= 0.3 is 0 Å². The number of carbonyl (C=O) groups excluding carboxylic acids is 1. The van der Waals surface area contributed by atoms with Crippen molar-refractivity contribution in [1.82, 2.24) is 9.30 Å². The summed E-state index contributed by atoms with van der Waals surface area (Å²) >= 11 is 0. The Morgan fingerprint density at radius 1 is 1.04 bits per heavy atom. The van der Waals surface area contributed by atoms with Gasteiger partial charge in [0.25, 0.3) is 5.91 Å². The molecule has 2 atom stereocenters. The first kappa shape index (κ1) is 18.5. The van der Waals surface area contributed by atoms with Crippen LogP contribution in [0.5, 0.6) is 0 Å². The molecule has 1 aliphatic heterocycles. The van der Waals surface area contributed by atoms with Crippen LogP contribution in [-0.2, 0) is 4.74 Å². The molecule has 3 aromatic rings. The molecule has 0 aliphatic carbocycles. The molecule has 0 spiro atoms. The van der Waals surface area contributed by atoms with Gasteiger partial charge in [-0.15, -0.1) is 0 Å². The van der Waals surface area contributed by atoms with E-state index < -0.39 is 0 Å². The molecule has 146 valence electrons. The zero-order valence-electron chi connectivity index (χ0n) is 16.3. The number of anilines is 2. The molecule has 4 rings (SSSR count). The molecule has 0 saturated carbocycles. The zero-order chi connectivity index (χ0) is 19.8. The number of hydrogen-bond donors (Lipinski definition) is 0. The van der Waals surface area contributed by atoms with Crippen LogP contribution in [0.2, 0.25) is 0 Å². The van der Waals surface area contributed by atoms with Gasteiger partial charge in [-0.25, -0.2) is 4.39 Å². The van der Waals surface area contributed by atoms with E-state index in [2.05, 4.69) is 0 Å². The number of amides is 1. The Labute approximate surface area is 163 Å². The van der Waals surface area contributed by atoms with Gasteiger partial charge in [-0.05, 0) is 62.4 Å². The second kappa shape index (κ2) is 7.28. The molecule has 1 aromatic carbocycles. The number of nitrogens with zero attached hydrogens (tertiary/aromatic N) is 3. The average molecular weight is 381 g/mol. The molecule has 2 aromatic heterocycles. The van der Waals surface area contributed by atoms with Gasteiger partial charge < -0.3 is 18.9 Å². The highest BCUT2D eigenvalue weighted by Crippen LogP contribution is 2.27. The van der Waals surface area contributed by atoms with Gasteiger partial charge in [-0.1, -0.05) is 0 Å². The Morgan fingerprint density at radius 3 is 2.36 bits per heavy atom. The van der Waals surface area contributed by atoms with Gasteiger partial charge in [0.15, 0.2) is 0 Å². The van der Waals surface area contributed by atoms with Crippen LogP contribution < -0.4 is 4.90 Å². The summed E-state index contributed by atoms with van der Waals surface area (Å²) in [6, 6.07) is 14.2. The van der Waals surface area contributed by atoms with E-state index in [-0.39, 0.29) is 23.9 Å². The first-order valence-electron chi connectivity index (χ1n) is 9.47. The fraction of sp³-hybridized carbons (Fsp3) is 0.318. The van der Waals surface area contributed by atoms with E-state index >= 15 is 0 Å². The third-order valence-electron chi connectivity index (χ3n) is 5.14. The number of ether oxygens (including phenoxy) is 1. The van der Waals surface area contributed by atoms with E-state index in [1.807, 2.05) is 65.6 Å². The molecule has 5 nitrogen and oxygen atoms in total. The SMILES string of the molecule is C[C@H]1CN(C(=O)c2ccc3ccc(N(C)c4ccc(F)cc4)n3c2)C[C@H](C)O1. The molecule has 0 N–H and O–H groups in total. The van der Waals surface area contributed by atoms with Crippen molar-refractivity contribution in [2.24, 2.45) is 0 Å². The topological polar surface area (TPSA) is 37.2 Å². The Bertz CT molecular complexity index is 989. The number of morpholine rings is 1. The summed E-state index contributed by atoms with van der Waals surface area (Å²) in [6.45, 7) is 5.16. The zero-order valence-corrected chi connectivity index (χ0v) is 16.3. The van der Waals surface area contributed by atoms with Gasteiger partial charge in [0, 0.05) is 37.5 Å². The van der Waals surface area contributed by atoms with Gasteiger partial charge in [0.1, 0.15) is 11.6 Å². The van der Waals surface area contributed by atoms with E-state index in [1.54, 1.807) is 12.1 Å². The van der Waals surface area contributed by atoms with Crippen molar-refractivity contribution < 1.29 is 13.9 Å². The molecule has 0 radical (unpaired) electrons. The minimum absolute atomic E-state index is 0.00739. The number of rotatable bonds is 3. The van der Waals surface area contributed by atoms with Crippen molar-refractivity contribution in [3.63, 3.8) is 0 Å². The fourth-order valence-electron chi connectivity index (χ4n) is 3.81. The van der Waals surface area contributed by atoms with Crippen molar-refractivity contribution in [3.05, 3.63) is 66.1 Å². The Kier molecular flexibility index (Phi) is 4.81. The second-order valence-electron chi connectivity index (χ2n) is 7.41. The first-order chi connectivity index (χ1) is 13.4. The molecule has 1 amide bonds. The summed E-state index contributed by atoms with van der Waals surface area (Å²) < 4.78 is 21.0. The molecule has 0 unspecified atom stereocenters. The monoisotopic (exact) mass is 381 g/mol. The third-order valence-corrected chi connectivity index (χ3v) is 5.14. The number of fused-ring (bicyclic) bond motifs is 1. The third kappa shape index (κ3) is 3.47. The maximum absolute atomic E-state index is 13.2. The van der Waals surface area contributed by atoms with Crippen molar-refractivity contribution >= 4 is 22.9 Å². The summed E-state index contributed by atoms with van der Waals surface area (Å²) in [5, 5.41) is 0. The van der Waals surface area contributed by atoms with Crippen molar-refractivity contribution in [3.8, 4) is 0 Å². The maximum atomic E-state index is 13.2. The molecule has 1 fully saturated rings. The van der Waals surface area contributed by atoms with E-state index in [9.17, 15) is 9.18 Å². The summed E-state index contributed by atoms with van der Waals surface area (Å²) in [7, 11) is 1.93. The first-order valence-corrected chi connectivity index (χ1v) is 9.47. The number of benzene rings is 1. The van der Waals surface area contributed by atoms with Gasteiger partial charge in [-0.3, -0.25) is 4.79 Å². The predicted molar refractivity (Wildman–Crippen MR) is 108 cm³/mol. The van der Waals surface area contributed by atoms with Gasteiger partial charge in [-0.2, -0.15) is 0 Å². The number of carbonyl (C=O) groups is 1. The second-order valence-corrected chi connectivity index (χ2v) is 7.41. The molecular formula is C22H24FN3O2. The quantitative estimate of drug-likeness (QED) is 0.686. The molecule has 3 heterocycles. The molecule has 6 heteroatoms. The van der Waals surface area contributed by atoms with Crippen LogP contribution in [0.3, 0.4) is 0 Å². The van der Waals surface area contributed by atoms with Crippen LogP contribution in [0.25, 0.3) is 5.52 Å². The summed E-state index contributed by atoms with van der Waals surface area (Å²) in [6.07, 6.45) is 1.93. The number of hydrogen-bond acceptors (Lipinski definition) is 3. The number of halogens is 1. The van der Waals surface area contributed by atoms with Crippen molar-refractivity contribution in [2.75, 3.05) is 25.0 Å². The van der Waals surface area contributed by atoms with E-state index in [1.165, 1.54) is 12.1 Å².